The second-order valence-electron chi connectivity index (χ2n) is 34.7. The van der Waals surface area contributed by atoms with Crippen LogP contribution < -0.4 is 22.3 Å². The van der Waals surface area contributed by atoms with Crippen molar-refractivity contribution >= 4 is 120 Å². The van der Waals surface area contributed by atoms with Gasteiger partial charge in [-0.2, -0.15) is 24.3 Å². The second-order valence-corrected chi connectivity index (χ2v) is 51.6. The van der Waals surface area contributed by atoms with Gasteiger partial charge in [0.25, 0.3) is 0 Å². The molecular formula is C100H123BrMgN4O18Si3. The Labute approximate surface area is 779 Å². The number of esters is 4. The first-order valence-electron chi connectivity index (χ1n) is 41.9. The van der Waals surface area contributed by atoms with Crippen molar-refractivity contribution in [2.75, 3.05) is 88.7 Å². The molecule has 672 valence electrons. The van der Waals surface area contributed by atoms with Crippen LogP contribution in [0.3, 0.4) is 0 Å². The predicted octanol–water partition coefficient (Wildman–Crippen LogP) is 15.5. The van der Waals surface area contributed by atoms with Crippen LogP contribution in [0.5, 0.6) is 0 Å². The predicted molar refractivity (Wildman–Crippen MR) is 507 cm³/mol. The Bertz CT molecular complexity index is 5050. The zero-order valence-corrected chi connectivity index (χ0v) is 82.1. The van der Waals surface area contributed by atoms with Gasteiger partial charge >= 0.3 is 65.2 Å². The number of likely N-dealkylation sites (tertiary alicyclic amines) is 3. The van der Waals surface area contributed by atoms with Gasteiger partial charge in [0.1, 0.15) is 41.0 Å². The summed E-state index contributed by atoms with van der Waals surface area (Å²) in [5.74, 6) is -2.04. The third-order valence-corrected chi connectivity index (χ3v) is 27.6. The number of hydrogen-bond acceptors (Lipinski definition) is 19. The van der Waals surface area contributed by atoms with Crippen LogP contribution in [0.25, 0.3) is 68.8 Å². The molecule has 0 saturated carbocycles. The number of hydrogen-bond donors (Lipinski definition) is 2. The van der Waals surface area contributed by atoms with E-state index in [4.69, 9.17) is 37.9 Å². The summed E-state index contributed by atoms with van der Waals surface area (Å²) in [4.78, 5) is 101. The number of carbonyl (C=O) groups excluding carboxylic acids is 8. The summed E-state index contributed by atoms with van der Waals surface area (Å²) in [6.45, 7) is 37.0. The molecule has 0 aliphatic carbocycles. The van der Waals surface area contributed by atoms with Crippen molar-refractivity contribution in [3.05, 3.63) is 265 Å². The van der Waals surface area contributed by atoms with Gasteiger partial charge < -0.3 is 70.0 Å². The summed E-state index contributed by atoms with van der Waals surface area (Å²) in [5, 5.41) is 14.8. The maximum atomic E-state index is 13.0. The summed E-state index contributed by atoms with van der Waals surface area (Å²) >= 11 is 0. The number of amides is 3. The number of Topliss-reactive ketones (excluding diaryl/α,β-unsaturated/α-hetero) is 1. The number of halogens is 1. The molecule has 0 aromatic heterocycles. The zero-order chi connectivity index (χ0) is 91.5. The third-order valence-electron chi connectivity index (χ3n) is 22.5. The van der Waals surface area contributed by atoms with E-state index in [1.54, 1.807) is 20.3 Å². The Balaban J connectivity index is 0.000000251. The van der Waals surface area contributed by atoms with E-state index >= 15 is 0 Å². The van der Waals surface area contributed by atoms with Gasteiger partial charge in [0.05, 0.1) is 67.9 Å². The number of nitrogens with one attached hydrogen (secondary N) is 1. The van der Waals surface area contributed by atoms with Crippen LogP contribution in [0.15, 0.2) is 220 Å². The molecule has 22 nitrogen and oxygen atoms in total. The van der Waals surface area contributed by atoms with Crippen LogP contribution in [-0.4, -0.2) is 228 Å². The van der Waals surface area contributed by atoms with Gasteiger partial charge in [0, 0.05) is 70.7 Å². The Morgan fingerprint density at radius 1 is 0.441 bits per heavy atom. The molecule has 4 fully saturated rings. The largest absolute Gasteiger partial charge is 2.00 e. The molecule has 12 rings (SSSR count). The molecule has 0 bridgehead atoms. The molecule has 3 amide bonds. The third kappa shape index (κ3) is 28.9. The van der Waals surface area contributed by atoms with Crippen LogP contribution in [0.2, 0.25) is 77.1 Å². The van der Waals surface area contributed by atoms with Crippen LogP contribution in [0, 0.1) is 6.07 Å². The first kappa shape index (κ1) is 106. The van der Waals surface area contributed by atoms with E-state index in [9.17, 15) is 43.5 Å². The van der Waals surface area contributed by atoms with E-state index < -0.39 is 95.3 Å². The van der Waals surface area contributed by atoms with Crippen molar-refractivity contribution < 1.29 is 103 Å². The number of ketones is 1. The molecular weight excluding hydrogens is 1730 g/mol. The number of rotatable bonds is 26. The van der Waals surface area contributed by atoms with Crippen LogP contribution in [0.4, 0.5) is 14.4 Å². The van der Waals surface area contributed by atoms with Crippen molar-refractivity contribution in [1.29, 1.82) is 0 Å². The van der Waals surface area contributed by atoms with Gasteiger partial charge in [0.2, 0.25) is 0 Å². The average molecular weight is 1860 g/mol. The summed E-state index contributed by atoms with van der Waals surface area (Å²) in [5.41, 5.74) is 12.5. The molecule has 0 unspecified atom stereocenters. The number of methoxy groups -OCH3 is 6. The van der Waals surface area contributed by atoms with E-state index in [1.807, 2.05) is 152 Å². The Kier molecular flexibility index (Phi) is 40.6. The maximum Gasteiger partial charge on any atom is 2.00 e. The number of β-amino-alcohol motifs (C(OH)–C–C–N with tert-alkyl or cyclic N) is 1. The number of aliphatic hydroxyl groups is 1. The van der Waals surface area contributed by atoms with E-state index in [2.05, 4.69) is 162 Å². The molecule has 8 aromatic carbocycles. The summed E-state index contributed by atoms with van der Waals surface area (Å²) < 4.78 is 47.4. The molecule has 4 saturated heterocycles. The van der Waals surface area contributed by atoms with Crippen LogP contribution in [-0.2, 0) is 83.4 Å². The van der Waals surface area contributed by atoms with E-state index in [0.29, 0.717) is 38.3 Å². The first-order chi connectivity index (χ1) is 59.5. The molecule has 0 spiro atoms. The fraction of sp³-hybridized carbons (Fsp3) is 0.360. The van der Waals surface area contributed by atoms with Gasteiger partial charge in [-0.15, -0.1) is 23.8 Å². The van der Waals surface area contributed by atoms with Gasteiger partial charge in [-0.1, -0.05) is 255 Å². The zero-order valence-electron chi connectivity index (χ0n) is 76.1. The number of ether oxygens (including phenoxy) is 9. The van der Waals surface area contributed by atoms with Crippen molar-refractivity contribution in [3.8, 4) is 44.5 Å². The summed E-state index contributed by atoms with van der Waals surface area (Å²) in [6.07, 6.45) is 6.39. The standard InChI is InChI=1S/C27H35NO5Si.C26H33NO5Si.C21H23NO3.C14H11.C12H21NO5Si.BrH.Mg/c1-7-20-17-22(13-14-23(20)21-11-9-8-10-12-21)27(32-3)18-24(25(29)31-2)28(19-27)26(30)33-15-16-34(4,5)6;1-6-19-16-21(12-13-22(19)20-10-8-7-9-11-20)26(30)17-23(24(28)31-2)27(18-26)25(29)32-14-15-33(3,4)5;1-4-15-12-17(10-11-18(15)16-8-6-5-7-9-16)21(25-3)13-19(22-14-21)20(23)24-2;1-2-12-8-6-7-11-14(12)13-9-4-3-5-10-13;1-17-11(15)10-7-9(14)8-13(10)12(16)18-5-6-19(2,3)4;;/h7-14,17,24H,1,15-16,18-19H2,2-6H3;6-13,16,23,30H,1,14-15,17-18H2,2-5H3;4-12,19,22H,1,13-14H2,2-3H3;2-5,7-11H,1H2;10H,5-8H2,1-4H3;1H;/q;;;-1;;;+2/p-1/t24-,27-;23-,26-;19-,21-;;10-;;/m000.0../s1. The molecule has 4 aliphatic rings. The second kappa shape index (κ2) is 48.8. The number of nitrogens with zero attached hydrogens (tertiary/aromatic N) is 3. The molecule has 4 aliphatic heterocycles. The summed E-state index contributed by atoms with van der Waals surface area (Å²) in [7, 11) is 4.51. The quantitative estimate of drug-likeness (QED) is 0.0221. The smallest absolute Gasteiger partial charge is 1.00 e. The van der Waals surface area contributed by atoms with Crippen molar-refractivity contribution in [2.24, 2.45) is 0 Å². The number of carbonyl (C=O) groups is 8. The SMILES string of the molecule is C=Cc1c[c-]ccc1-c1ccccc1.C=Cc1cc([C@@]2(OC)CN[C@H](C(=O)OC)C2)ccc1-c1ccccc1.C=Cc1cc([C@]2(O)C[C@@H](C(=O)OC)N(C(=O)OCC[Si](C)(C)C)C2)ccc1-c1ccccc1.C=Cc1cc([C@]2(OC)C[C@@H](C(=O)OC)N(C(=O)OCC[Si](C)(C)C)C2)ccc1-c1ccccc1.COC(=O)[C@@H]1CC(=O)CN1C(=O)OCC[Si](C)(C)C.[Br-].[Mg+2]. The van der Waals surface area contributed by atoms with E-state index in [1.165, 1.54) is 49.4 Å². The Morgan fingerprint density at radius 2 is 0.787 bits per heavy atom. The molecule has 7 atom stereocenters. The van der Waals surface area contributed by atoms with Gasteiger partial charge in [-0.25, -0.2) is 28.8 Å². The topological polar surface area (TPSA) is 262 Å². The minimum atomic E-state index is -1.41. The first-order valence-corrected chi connectivity index (χ1v) is 53.0. The number of benzene rings is 8. The van der Waals surface area contributed by atoms with Crippen molar-refractivity contribution in [2.45, 2.75) is 144 Å². The molecule has 4 heterocycles. The molecule has 0 radical (unpaired) electrons. The molecule has 8 aromatic rings. The fourth-order valence-electron chi connectivity index (χ4n) is 15.1. The average Bonchev–Trinajstić information content (AvgIpc) is 1.56. The van der Waals surface area contributed by atoms with Crippen molar-refractivity contribution in [1.82, 2.24) is 20.0 Å². The normalized spacial score (nSPS) is 19.1. The minimum Gasteiger partial charge on any atom is -1.00 e. The molecule has 127 heavy (non-hydrogen) atoms. The monoisotopic (exact) mass is 1850 g/mol. The molecule has 27 heteroatoms. The summed E-state index contributed by atoms with van der Waals surface area (Å²) in [6, 6.07) is 67.1. The maximum absolute atomic E-state index is 13.0. The molecule has 2 N–H and O–H groups in total. The van der Waals surface area contributed by atoms with Crippen LogP contribution in [0.1, 0.15) is 64.6 Å². The van der Waals surface area contributed by atoms with Crippen molar-refractivity contribution in [3.63, 3.8) is 0 Å². The van der Waals surface area contributed by atoms with E-state index in [-0.39, 0.29) is 96.7 Å². The van der Waals surface area contributed by atoms with E-state index in [0.717, 1.165) is 89.8 Å². The Morgan fingerprint density at radius 3 is 1.17 bits per heavy atom. The minimum absolute atomic E-state index is 0. The van der Waals surface area contributed by atoms with Gasteiger partial charge in [-0.05, 0) is 109 Å². The fourth-order valence-corrected chi connectivity index (χ4v) is 17.2. The van der Waals surface area contributed by atoms with Gasteiger partial charge in [-0.3, -0.25) is 24.3 Å². The van der Waals surface area contributed by atoms with Gasteiger partial charge in [0.15, 0.2) is 5.78 Å². The Hall–Kier alpha value is -10.2. The van der Waals surface area contributed by atoms with Crippen LogP contribution >= 0.6 is 0 Å².